The molecule has 3 heterocycles. The number of hydrogen-bond donors (Lipinski definition) is 0. The van der Waals surface area contributed by atoms with Gasteiger partial charge in [0.15, 0.2) is 8.07 Å². The number of benzene rings is 9. The lowest BCUT2D eigenvalue weighted by Gasteiger charge is -2.36. The summed E-state index contributed by atoms with van der Waals surface area (Å²) in [5, 5.41) is 7.75. The van der Waals surface area contributed by atoms with Crippen molar-refractivity contribution in [2.75, 3.05) is 0 Å². The second-order valence-corrected chi connectivity index (χ2v) is 19.3. The summed E-state index contributed by atoms with van der Waals surface area (Å²) in [7, 11) is -2.91. The van der Waals surface area contributed by atoms with Crippen molar-refractivity contribution in [1.29, 1.82) is 0 Å². The quantitative estimate of drug-likeness (QED) is 0.125. The third-order valence-electron chi connectivity index (χ3n) is 12.5. The van der Waals surface area contributed by atoms with Crippen molar-refractivity contribution in [2.45, 2.75) is 0 Å². The molecule has 0 fully saturated rings. The Labute approximate surface area is 344 Å². The van der Waals surface area contributed by atoms with E-state index in [1.54, 1.807) is 0 Å². The lowest BCUT2D eigenvalue weighted by molar-refractivity contribution is 0.465. The molecule has 12 rings (SSSR count). The molecule has 0 bridgehead atoms. The summed E-state index contributed by atoms with van der Waals surface area (Å²) in [4.78, 5) is 0. The van der Waals surface area contributed by atoms with Gasteiger partial charge in [-0.2, -0.15) is 0 Å². The molecule has 0 amide bonds. The van der Waals surface area contributed by atoms with E-state index >= 15 is 0 Å². The van der Waals surface area contributed by atoms with Crippen LogP contribution in [-0.4, -0.2) is 19.4 Å². The molecule has 0 saturated heterocycles. The van der Waals surface area contributed by atoms with Crippen LogP contribution in [0.4, 0.5) is 0 Å². The zero-order valence-electron chi connectivity index (χ0n) is 32.1. The normalized spacial score (nSPS) is 12.6. The van der Waals surface area contributed by atoms with Crippen LogP contribution in [0.2, 0.25) is 0 Å². The monoisotopic (exact) mass is 769 g/mol. The number of aromatic nitrogens is 1. The lowest BCUT2D eigenvalue weighted by atomic mass is 9.34. The van der Waals surface area contributed by atoms with E-state index in [0.29, 0.717) is 0 Å². The van der Waals surface area contributed by atoms with Crippen molar-refractivity contribution < 1.29 is 9.47 Å². The lowest BCUT2D eigenvalue weighted by Crippen LogP contribution is -2.74. The number of para-hydroxylation sites is 4. The van der Waals surface area contributed by atoms with Crippen LogP contribution in [0, 0.1) is 0 Å². The summed E-state index contributed by atoms with van der Waals surface area (Å²) in [6, 6.07) is 79.7. The topological polar surface area (TPSA) is 23.4 Å². The van der Waals surface area contributed by atoms with Crippen molar-refractivity contribution in [1.82, 2.24) is 4.57 Å². The molecule has 2 aliphatic rings. The molecule has 276 valence electrons. The van der Waals surface area contributed by atoms with Crippen molar-refractivity contribution in [3.63, 3.8) is 0 Å². The van der Waals surface area contributed by atoms with Gasteiger partial charge in [-0.15, -0.1) is 0 Å². The Morgan fingerprint density at radius 1 is 0.373 bits per heavy atom. The fourth-order valence-corrected chi connectivity index (χ4v) is 14.8. The van der Waals surface area contributed by atoms with Crippen LogP contribution in [0.3, 0.4) is 0 Å². The van der Waals surface area contributed by atoms with Crippen LogP contribution in [0.1, 0.15) is 0 Å². The maximum absolute atomic E-state index is 7.17. The zero-order chi connectivity index (χ0) is 38.9. The summed E-state index contributed by atoms with van der Waals surface area (Å²) in [6.07, 6.45) is 0. The molecule has 0 unspecified atom stereocenters. The summed E-state index contributed by atoms with van der Waals surface area (Å²) >= 11 is 0. The number of fused-ring (bicyclic) bond motifs is 7. The first kappa shape index (κ1) is 33.8. The summed E-state index contributed by atoms with van der Waals surface area (Å²) < 4.78 is 16.1. The summed E-state index contributed by atoms with van der Waals surface area (Å²) in [6.45, 7) is -0.0406. The van der Waals surface area contributed by atoms with Gasteiger partial charge in [-0.3, -0.25) is 0 Å². The Morgan fingerprint density at radius 2 is 0.881 bits per heavy atom. The molecule has 2 aliphatic heterocycles. The second kappa shape index (κ2) is 13.4. The highest BCUT2D eigenvalue weighted by atomic mass is 28.3. The molecule has 5 heteroatoms. The molecule has 0 atom stereocenters. The smallest absolute Gasteiger partial charge is 0.260 e. The van der Waals surface area contributed by atoms with Gasteiger partial charge < -0.3 is 14.0 Å². The third kappa shape index (κ3) is 5.02. The Balaban J connectivity index is 1.20. The maximum atomic E-state index is 7.17. The Morgan fingerprint density at radius 3 is 1.53 bits per heavy atom. The number of nitrogens with zero attached hydrogens (tertiary/aromatic N) is 1. The number of ether oxygens (including phenoxy) is 2. The maximum Gasteiger partial charge on any atom is 0.260 e. The van der Waals surface area contributed by atoms with E-state index in [2.05, 4.69) is 217 Å². The first-order valence-electron chi connectivity index (χ1n) is 20.3. The fourth-order valence-electron chi connectivity index (χ4n) is 10.0. The zero-order valence-corrected chi connectivity index (χ0v) is 33.1. The molecular weight excluding hydrogens is 733 g/mol. The second-order valence-electron chi connectivity index (χ2n) is 15.5. The molecule has 1 aromatic heterocycles. The van der Waals surface area contributed by atoms with Crippen molar-refractivity contribution in [3.8, 4) is 39.8 Å². The van der Waals surface area contributed by atoms with Crippen LogP contribution in [0.25, 0.3) is 38.6 Å². The average molecular weight is 770 g/mol. The average Bonchev–Trinajstić information content (AvgIpc) is 3.64. The van der Waals surface area contributed by atoms with Crippen LogP contribution in [0.15, 0.2) is 218 Å². The Kier molecular flexibility index (Phi) is 7.65. The van der Waals surface area contributed by atoms with Crippen molar-refractivity contribution in [3.05, 3.63) is 218 Å². The Bertz CT molecular complexity index is 3090. The van der Waals surface area contributed by atoms with Gasteiger partial charge in [0.1, 0.15) is 23.0 Å². The van der Waals surface area contributed by atoms with E-state index in [4.69, 9.17) is 9.47 Å². The van der Waals surface area contributed by atoms with Gasteiger partial charge in [-0.05, 0) is 68.1 Å². The summed E-state index contributed by atoms with van der Waals surface area (Å²) in [5.74, 6) is 3.44. The number of hydrogen-bond acceptors (Lipinski definition) is 2. The predicted octanol–water partition coefficient (Wildman–Crippen LogP) is 8.56. The van der Waals surface area contributed by atoms with E-state index in [1.807, 2.05) is 6.07 Å². The van der Waals surface area contributed by atoms with E-state index in [-0.39, 0.29) is 6.71 Å². The van der Waals surface area contributed by atoms with Crippen LogP contribution in [0.5, 0.6) is 23.0 Å². The molecule has 0 aliphatic carbocycles. The molecule has 59 heavy (non-hydrogen) atoms. The van der Waals surface area contributed by atoms with E-state index in [9.17, 15) is 0 Å². The van der Waals surface area contributed by atoms with Crippen molar-refractivity contribution >= 4 is 73.7 Å². The molecule has 9 aromatic carbocycles. The summed E-state index contributed by atoms with van der Waals surface area (Å²) in [5.41, 5.74) is 8.97. The minimum Gasteiger partial charge on any atom is -0.458 e. The molecule has 0 radical (unpaired) electrons. The minimum atomic E-state index is -2.91. The molecular formula is C54H36BNO2Si. The van der Waals surface area contributed by atoms with Gasteiger partial charge in [0, 0.05) is 27.4 Å². The van der Waals surface area contributed by atoms with E-state index < -0.39 is 8.07 Å². The van der Waals surface area contributed by atoms with Gasteiger partial charge in [-0.1, -0.05) is 182 Å². The molecule has 0 saturated carbocycles. The van der Waals surface area contributed by atoms with Gasteiger partial charge in [0.2, 0.25) is 0 Å². The van der Waals surface area contributed by atoms with Crippen LogP contribution in [-0.2, 0) is 0 Å². The third-order valence-corrected chi connectivity index (χ3v) is 17.3. The highest BCUT2D eigenvalue weighted by molar-refractivity contribution is 7.20. The fraction of sp³-hybridized carbons (Fsp3) is 0. The SMILES string of the molecule is c1ccc([Si](c2ccccc2)(c2ccccc2)c2ccc(-n3c4ccccc4c4ccccc43)c(-c3cccc4c3Oc3cccc5c3B4c3ccccc3O5)c2)cc1. The van der Waals surface area contributed by atoms with Gasteiger partial charge in [-0.25, -0.2) is 0 Å². The first-order valence-corrected chi connectivity index (χ1v) is 22.3. The molecule has 0 N–H and O–H groups in total. The van der Waals surface area contributed by atoms with Gasteiger partial charge in [0.25, 0.3) is 6.71 Å². The first-order chi connectivity index (χ1) is 29.3. The van der Waals surface area contributed by atoms with Crippen LogP contribution < -0.4 is 46.6 Å². The highest BCUT2D eigenvalue weighted by Gasteiger charge is 2.43. The highest BCUT2D eigenvalue weighted by Crippen LogP contribution is 2.42. The molecule has 0 spiro atoms. The predicted molar refractivity (Wildman–Crippen MR) is 248 cm³/mol. The van der Waals surface area contributed by atoms with Gasteiger partial charge >= 0.3 is 0 Å². The van der Waals surface area contributed by atoms with E-state index in [1.165, 1.54) is 42.6 Å². The van der Waals surface area contributed by atoms with E-state index in [0.717, 1.165) is 56.2 Å². The minimum absolute atomic E-state index is 0.0406. The number of rotatable bonds is 6. The molecule has 3 nitrogen and oxygen atoms in total. The largest absolute Gasteiger partial charge is 0.458 e. The Hall–Kier alpha value is -7.34. The van der Waals surface area contributed by atoms with Crippen LogP contribution >= 0.6 is 0 Å². The van der Waals surface area contributed by atoms with Gasteiger partial charge in [0.05, 0.1) is 16.7 Å². The van der Waals surface area contributed by atoms with Crippen molar-refractivity contribution in [2.24, 2.45) is 0 Å². The standard InChI is InChI=1S/C54H36BNO2Si/c1-4-18-37(19-5-1)59(38-20-6-2-7-21-38,39-22-8-3-9-23-39)40-34-35-49(56-47-29-13-10-24-41(47)42-25-11-14-30-48(42)56)44(36-40)43-26-16-28-46-54(43)58-52-33-17-32-51-53(52)55(46)45-27-12-15-31-50(45)57-51/h1-36H. The molecule has 10 aromatic rings.